The Bertz CT molecular complexity index is 1470. The lowest BCUT2D eigenvalue weighted by atomic mass is 9.86. The molecule has 6 rings (SSSR count). The zero-order valence-corrected chi connectivity index (χ0v) is 22.8. The monoisotopic (exact) mass is 527 g/mol. The van der Waals surface area contributed by atoms with Crippen molar-refractivity contribution in [2.24, 2.45) is 0 Å². The van der Waals surface area contributed by atoms with Crippen LogP contribution in [0.25, 0.3) is 22.0 Å². The van der Waals surface area contributed by atoms with Crippen molar-refractivity contribution in [2.75, 3.05) is 31.6 Å². The van der Waals surface area contributed by atoms with Crippen molar-refractivity contribution in [3.63, 3.8) is 0 Å². The molecule has 1 aromatic heterocycles. The van der Waals surface area contributed by atoms with Gasteiger partial charge in [0, 0.05) is 53.5 Å². The van der Waals surface area contributed by atoms with Crippen molar-refractivity contribution in [2.45, 2.75) is 45.1 Å². The number of nitrogens with one attached hydrogen (secondary N) is 2. The summed E-state index contributed by atoms with van der Waals surface area (Å²) in [6.45, 7) is 4.76. The molecule has 3 nitrogen and oxygen atoms in total. The van der Waals surface area contributed by atoms with E-state index in [0.717, 1.165) is 61.6 Å². The number of likely N-dealkylation sites (tertiary alicyclic amines) is 1. The first kappa shape index (κ1) is 25.2. The molecule has 0 bridgehead atoms. The first-order valence-corrected chi connectivity index (χ1v) is 14.2. The van der Waals surface area contributed by atoms with Gasteiger partial charge in [0.1, 0.15) is 0 Å². The third kappa shape index (κ3) is 4.88. The van der Waals surface area contributed by atoms with E-state index in [1.165, 1.54) is 44.3 Å². The summed E-state index contributed by atoms with van der Waals surface area (Å²) in [6, 6.07) is 22.4. The largest absolute Gasteiger partial charge is 0.381 e. The van der Waals surface area contributed by atoms with Crippen LogP contribution >= 0.6 is 11.6 Å². The van der Waals surface area contributed by atoms with Gasteiger partial charge in [-0.2, -0.15) is 0 Å². The number of aromatic nitrogens is 1. The first-order valence-electron chi connectivity index (χ1n) is 13.9. The molecule has 2 heterocycles. The molecule has 1 atom stereocenters. The zero-order valence-electron chi connectivity index (χ0n) is 22.0. The summed E-state index contributed by atoms with van der Waals surface area (Å²) in [5.41, 5.74) is 11.4. The Balaban J connectivity index is 1.39. The van der Waals surface area contributed by atoms with Gasteiger partial charge >= 0.3 is 0 Å². The number of aryl methyl sites for hydroxylation is 1. The van der Waals surface area contributed by atoms with Crippen LogP contribution in [0.4, 0.5) is 10.1 Å². The molecule has 38 heavy (non-hydrogen) atoms. The van der Waals surface area contributed by atoms with Crippen molar-refractivity contribution < 1.29 is 4.39 Å². The highest BCUT2D eigenvalue weighted by Gasteiger charge is 2.24. The van der Waals surface area contributed by atoms with E-state index in [2.05, 4.69) is 76.7 Å². The van der Waals surface area contributed by atoms with Gasteiger partial charge < -0.3 is 15.2 Å². The van der Waals surface area contributed by atoms with Crippen molar-refractivity contribution in [1.29, 1.82) is 0 Å². The van der Waals surface area contributed by atoms with Crippen molar-refractivity contribution in [3.8, 4) is 0 Å². The maximum absolute atomic E-state index is 12.6. The van der Waals surface area contributed by atoms with Gasteiger partial charge in [-0.1, -0.05) is 41.9 Å². The molecule has 3 aromatic carbocycles. The van der Waals surface area contributed by atoms with Gasteiger partial charge in [0.25, 0.3) is 0 Å². The van der Waals surface area contributed by atoms with Crippen LogP contribution < -0.4 is 5.32 Å². The van der Waals surface area contributed by atoms with Crippen molar-refractivity contribution in [1.82, 2.24) is 9.88 Å². The summed E-state index contributed by atoms with van der Waals surface area (Å²) >= 11 is 6.61. The molecule has 5 heteroatoms. The van der Waals surface area contributed by atoms with Gasteiger partial charge in [-0.05, 0) is 108 Å². The number of halogens is 2. The Morgan fingerprint density at radius 1 is 1.03 bits per heavy atom. The molecular formula is C33H35ClFN3. The molecule has 0 saturated carbocycles. The van der Waals surface area contributed by atoms with E-state index < -0.39 is 0 Å². The van der Waals surface area contributed by atoms with Gasteiger partial charge in [-0.3, -0.25) is 4.39 Å². The van der Waals surface area contributed by atoms with E-state index in [4.69, 9.17) is 11.6 Å². The number of anilines is 1. The number of hydrogen-bond donors (Lipinski definition) is 2. The highest BCUT2D eigenvalue weighted by Crippen LogP contribution is 2.43. The lowest BCUT2D eigenvalue weighted by Crippen LogP contribution is -2.27. The van der Waals surface area contributed by atoms with Crippen LogP contribution in [0.3, 0.4) is 0 Å². The predicted octanol–water partition coefficient (Wildman–Crippen LogP) is 8.27. The third-order valence-electron chi connectivity index (χ3n) is 8.29. The molecule has 1 fully saturated rings. The number of rotatable bonds is 7. The molecule has 0 spiro atoms. The summed E-state index contributed by atoms with van der Waals surface area (Å²) in [4.78, 5) is 5.76. The first-order chi connectivity index (χ1) is 18.6. The van der Waals surface area contributed by atoms with Crippen LogP contribution in [0.15, 0.2) is 66.9 Å². The second-order valence-corrected chi connectivity index (χ2v) is 11.1. The van der Waals surface area contributed by atoms with Crippen LogP contribution in [0, 0.1) is 6.92 Å². The Kier molecular flexibility index (Phi) is 7.27. The Labute approximate surface area is 229 Å². The molecule has 1 saturated heterocycles. The SMILES string of the molecule is Cc1c(Cl)cccc1C1=C(c2ccc(N[C@H]3CCN(CCCF)C3)cc2)c2ccc3[nH]ccc3c2CCC1. The molecule has 1 aliphatic carbocycles. The highest BCUT2D eigenvalue weighted by molar-refractivity contribution is 6.31. The van der Waals surface area contributed by atoms with Crippen LogP contribution in [-0.2, 0) is 6.42 Å². The number of alkyl halides is 1. The van der Waals surface area contributed by atoms with Gasteiger partial charge in [-0.15, -0.1) is 0 Å². The number of fused-ring (bicyclic) bond motifs is 3. The van der Waals surface area contributed by atoms with Crippen LogP contribution in [-0.4, -0.2) is 42.2 Å². The molecule has 0 radical (unpaired) electrons. The number of hydrogen-bond acceptors (Lipinski definition) is 2. The fraction of sp³-hybridized carbons (Fsp3) is 0.333. The van der Waals surface area contributed by atoms with Gasteiger partial charge in [0.2, 0.25) is 0 Å². The molecule has 4 aromatic rings. The van der Waals surface area contributed by atoms with E-state index >= 15 is 0 Å². The molecule has 0 amide bonds. The second-order valence-electron chi connectivity index (χ2n) is 10.7. The van der Waals surface area contributed by atoms with Crippen LogP contribution in [0.2, 0.25) is 5.02 Å². The molecule has 2 aliphatic rings. The topological polar surface area (TPSA) is 31.1 Å². The number of nitrogens with zero attached hydrogens (tertiary/aromatic N) is 1. The number of aromatic amines is 1. The summed E-state index contributed by atoms with van der Waals surface area (Å²) in [5.74, 6) is 0. The van der Waals surface area contributed by atoms with E-state index in [1.807, 2.05) is 12.3 Å². The zero-order chi connectivity index (χ0) is 26.1. The quantitative estimate of drug-likeness (QED) is 0.253. The third-order valence-corrected chi connectivity index (χ3v) is 8.70. The summed E-state index contributed by atoms with van der Waals surface area (Å²) in [6.07, 6.45) is 6.93. The fourth-order valence-electron chi connectivity index (χ4n) is 6.37. The lowest BCUT2D eigenvalue weighted by Gasteiger charge is -2.20. The lowest BCUT2D eigenvalue weighted by molar-refractivity contribution is 0.310. The average Bonchev–Trinajstić information content (AvgIpc) is 3.55. The minimum atomic E-state index is -0.235. The number of benzene rings is 3. The Morgan fingerprint density at radius 2 is 1.89 bits per heavy atom. The molecule has 196 valence electrons. The summed E-state index contributed by atoms with van der Waals surface area (Å²) in [5, 5.41) is 5.85. The summed E-state index contributed by atoms with van der Waals surface area (Å²) in [7, 11) is 0. The molecule has 0 unspecified atom stereocenters. The molecule has 2 N–H and O–H groups in total. The molecule has 1 aliphatic heterocycles. The second kappa shape index (κ2) is 11.0. The minimum absolute atomic E-state index is 0.235. The average molecular weight is 528 g/mol. The smallest absolute Gasteiger partial charge is 0.0906 e. The summed E-state index contributed by atoms with van der Waals surface area (Å²) < 4.78 is 12.6. The normalized spacial score (nSPS) is 18.1. The van der Waals surface area contributed by atoms with Crippen molar-refractivity contribution in [3.05, 3.63) is 99.7 Å². The number of H-pyrrole nitrogens is 1. The fourth-order valence-corrected chi connectivity index (χ4v) is 6.54. The van der Waals surface area contributed by atoms with Gasteiger partial charge in [-0.25, -0.2) is 0 Å². The van der Waals surface area contributed by atoms with Gasteiger partial charge in [0.05, 0.1) is 6.67 Å². The van der Waals surface area contributed by atoms with E-state index in [-0.39, 0.29) is 6.67 Å². The maximum Gasteiger partial charge on any atom is 0.0906 e. The minimum Gasteiger partial charge on any atom is -0.381 e. The maximum atomic E-state index is 12.6. The van der Waals surface area contributed by atoms with E-state index in [0.29, 0.717) is 12.5 Å². The van der Waals surface area contributed by atoms with Crippen LogP contribution in [0.1, 0.15) is 53.5 Å². The Morgan fingerprint density at radius 3 is 2.74 bits per heavy atom. The van der Waals surface area contributed by atoms with E-state index in [9.17, 15) is 4.39 Å². The highest BCUT2D eigenvalue weighted by atomic mass is 35.5. The predicted molar refractivity (Wildman–Crippen MR) is 159 cm³/mol. The van der Waals surface area contributed by atoms with E-state index in [1.54, 1.807) is 0 Å². The number of allylic oxidation sites excluding steroid dienone is 1. The van der Waals surface area contributed by atoms with Crippen molar-refractivity contribution >= 4 is 39.3 Å². The standard InChI is InChI=1S/C33H35ClFN3/c1-22-26(5-3-8-31(22)34)29-7-2-6-27-28-15-18-36-32(28)14-13-30(27)33(29)23-9-11-24(12-10-23)37-25-16-20-38(21-25)19-4-17-35/h3,5,8-15,18,25,36-37H,2,4,6-7,16-17,19-21H2,1H3/t25-/m0/s1. The van der Waals surface area contributed by atoms with Gasteiger partial charge in [0.15, 0.2) is 0 Å². The van der Waals surface area contributed by atoms with Crippen LogP contribution in [0.5, 0.6) is 0 Å². The Hall–Kier alpha value is -3.08. The molecular weight excluding hydrogens is 493 g/mol.